The van der Waals surface area contributed by atoms with Crippen molar-refractivity contribution in [1.29, 1.82) is 0 Å². The lowest BCUT2D eigenvalue weighted by Gasteiger charge is -2.35. The van der Waals surface area contributed by atoms with Gasteiger partial charge in [0.15, 0.2) is 6.10 Å². The van der Waals surface area contributed by atoms with E-state index in [1.807, 2.05) is 6.92 Å². The molecule has 1 atom stereocenters. The van der Waals surface area contributed by atoms with Gasteiger partial charge in [-0.25, -0.2) is 0 Å². The maximum atomic E-state index is 12.9. The number of fused-ring (bicyclic) bond motifs is 1. The molecule has 0 amide bonds. The molecule has 0 aliphatic carbocycles. The molecule has 22 heavy (non-hydrogen) atoms. The highest BCUT2D eigenvalue weighted by atomic mass is 35.5. The lowest BCUT2D eigenvalue weighted by molar-refractivity contribution is -0.221. The normalized spacial score (nSPS) is 19.7. The molecule has 2 aromatic rings. The third-order valence-electron chi connectivity index (χ3n) is 3.75. The molecule has 118 valence electrons. The molecule has 3 nitrogen and oxygen atoms in total. The zero-order chi connectivity index (χ0) is 15.9. The monoisotopic (exact) mass is 330 g/mol. The number of aryl methyl sites for hydroxylation is 1. The Kier molecular flexibility index (Phi) is 3.91. The van der Waals surface area contributed by atoms with E-state index in [4.69, 9.17) is 16.3 Å². The Bertz CT molecular complexity index is 705. The minimum atomic E-state index is -4.37. The van der Waals surface area contributed by atoms with Crippen molar-refractivity contribution in [3.8, 4) is 0 Å². The van der Waals surface area contributed by atoms with Gasteiger partial charge in [0.25, 0.3) is 0 Å². The van der Waals surface area contributed by atoms with Gasteiger partial charge in [0.05, 0.1) is 18.7 Å². The molecule has 1 saturated heterocycles. The number of halogens is 4. The molecule has 0 spiro atoms. The van der Waals surface area contributed by atoms with Gasteiger partial charge < -0.3 is 9.64 Å². The van der Waals surface area contributed by atoms with Crippen LogP contribution in [0.5, 0.6) is 0 Å². The highest BCUT2D eigenvalue weighted by molar-refractivity contribution is 6.31. The quantitative estimate of drug-likeness (QED) is 0.791. The Morgan fingerprint density at radius 1 is 1.36 bits per heavy atom. The molecule has 1 fully saturated rings. The fourth-order valence-electron chi connectivity index (χ4n) is 2.72. The summed E-state index contributed by atoms with van der Waals surface area (Å²) in [5, 5.41) is 1.30. The molecule has 0 N–H and O–H groups in total. The molecule has 1 aliphatic rings. The van der Waals surface area contributed by atoms with Crippen LogP contribution in [0.25, 0.3) is 10.9 Å². The smallest absolute Gasteiger partial charge is 0.366 e. The van der Waals surface area contributed by atoms with E-state index in [9.17, 15) is 13.2 Å². The van der Waals surface area contributed by atoms with Gasteiger partial charge in [-0.05, 0) is 30.7 Å². The van der Waals surface area contributed by atoms with Crippen LogP contribution in [0.1, 0.15) is 5.56 Å². The Labute approximate surface area is 130 Å². The first-order valence-corrected chi connectivity index (χ1v) is 7.22. The number of morpholine rings is 1. The van der Waals surface area contributed by atoms with Gasteiger partial charge in [-0.2, -0.15) is 13.2 Å². The fourth-order valence-corrected chi connectivity index (χ4v) is 2.99. The zero-order valence-corrected chi connectivity index (χ0v) is 12.6. The van der Waals surface area contributed by atoms with Crippen molar-refractivity contribution in [2.24, 2.45) is 0 Å². The van der Waals surface area contributed by atoms with Crippen LogP contribution in [-0.2, 0) is 4.74 Å². The second-order valence-corrected chi connectivity index (χ2v) is 5.73. The summed E-state index contributed by atoms with van der Waals surface area (Å²) in [6, 6.07) is 5.25. The molecular weight excluding hydrogens is 317 g/mol. The molecule has 3 rings (SSSR count). The second-order valence-electron chi connectivity index (χ2n) is 5.30. The van der Waals surface area contributed by atoms with Crippen LogP contribution < -0.4 is 4.90 Å². The number of ether oxygens (including phenoxy) is 1. The standard InChI is InChI=1S/C15H14ClF3N2O/c1-9-6-10(16)7-11-12(2-3-20-14(9)11)21-4-5-22-13(8-21)15(17,18)19/h2-3,6-7,13H,4-5,8H2,1H3/t13-/m0/s1. The largest absolute Gasteiger partial charge is 0.416 e. The third-order valence-corrected chi connectivity index (χ3v) is 3.97. The maximum Gasteiger partial charge on any atom is 0.416 e. The van der Waals surface area contributed by atoms with E-state index in [1.54, 1.807) is 29.3 Å². The number of benzene rings is 1. The average molecular weight is 331 g/mol. The number of aromatic nitrogens is 1. The molecular formula is C15H14ClF3N2O. The Hall–Kier alpha value is -1.53. The first kappa shape index (κ1) is 15.4. The molecule has 1 aromatic carbocycles. The summed E-state index contributed by atoms with van der Waals surface area (Å²) in [6.07, 6.45) is -4.53. The lowest BCUT2D eigenvalue weighted by atomic mass is 10.1. The van der Waals surface area contributed by atoms with E-state index in [2.05, 4.69) is 4.98 Å². The van der Waals surface area contributed by atoms with Crippen LogP contribution in [0.4, 0.5) is 18.9 Å². The number of pyridine rings is 1. The van der Waals surface area contributed by atoms with Crippen molar-refractivity contribution in [3.05, 3.63) is 35.0 Å². The van der Waals surface area contributed by atoms with Gasteiger partial charge in [0.2, 0.25) is 0 Å². The molecule has 0 bridgehead atoms. The van der Waals surface area contributed by atoms with E-state index in [-0.39, 0.29) is 13.2 Å². The predicted octanol–water partition coefficient (Wildman–Crippen LogP) is 3.96. The van der Waals surface area contributed by atoms with E-state index in [1.165, 1.54) is 0 Å². The lowest BCUT2D eigenvalue weighted by Crippen LogP contribution is -2.49. The minimum absolute atomic E-state index is 0.0353. The van der Waals surface area contributed by atoms with Gasteiger partial charge in [-0.15, -0.1) is 0 Å². The van der Waals surface area contributed by atoms with Crippen molar-refractivity contribution in [3.63, 3.8) is 0 Å². The van der Waals surface area contributed by atoms with Crippen LogP contribution in [0.2, 0.25) is 5.02 Å². The fraction of sp³-hybridized carbons (Fsp3) is 0.400. The number of alkyl halides is 3. The number of nitrogens with zero attached hydrogens (tertiary/aromatic N) is 2. The maximum absolute atomic E-state index is 12.9. The summed E-state index contributed by atoms with van der Waals surface area (Å²) >= 11 is 6.09. The first-order valence-electron chi connectivity index (χ1n) is 6.84. The van der Waals surface area contributed by atoms with Gasteiger partial charge >= 0.3 is 6.18 Å². The first-order chi connectivity index (χ1) is 10.4. The summed E-state index contributed by atoms with van der Waals surface area (Å²) < 4.78 is 43.5. The Morgan fingerprint density at radius 3 is 2.86 bits per heavy atom. The van der Waals surface area contributed by atoms with Crippen LogP contribution in [0.3, 0.4) is 0 Å². The molecule has 0 saturated carbocycles. The number of rotatable bonds is 1. The minimum Gasteiger partial charge on any atom is -0.366 e. The van der Waals surface area contributed by atoms with Crippen molar-refractivity contribution in [2.45, 2.75) is 19.2 Å². The molecule has 2 heterocycles. The van der Waals surface area contributed by atoms with Gasteiger partial charge in [-0.1, -0.05) is 11.6 Å². The summed E-state index contributed by atoms with van der Waals surface area (Å²) in [5.74, 6) is 0. The van der Waals surface area contributed by atoms with E-state index in [0.717, 1.165) is 16.5 Å². The molecule has 0 unspecified atom stereocenters. The molecule has 7 heteroatoms. The van der Waals surface area contributed by atoms with Gasteiger partial charge in [0, 0.05) is 28.8 Å². The molecule has 1 aliphatic heterocycles. The van der Waals surface area contributed by atoms with Crippen LogP contribution in [0, 0.1) is 6.92 Å². The second kappa shape index (κ2) is 5.59. The van der Waals surface area contributed by atoms with Crippen molar-refractivity contribution < 1.29 is 17.9 Å². The number of hydrogen-bond donors (Lipinski definition) is 0. The van der Waals surface area contributed by atoms with E-state index in [0.29, 0.717) is 17.3 Å². The van der Waals surface area contributed by atoms with Crippen molar-refractivity contribution in [1.82, 2.24) is 4.98 Å². The van der Waals surface area contributed by atoms with Crippen molar-refractivity contribution >= 4 is 28.2 Å². The summed E-state index contributed by atoms with van der Waals surface area (Å²) in [4.78, 5) is 5.99. The highest BCUT2D eigenvalue weighted by Crippen LogP contribution is 2.33. The summed E-state index contributed by atoms with van der Waals surface area (Å²) in [7, 11) is 0. The number of anilines is 1. The Morgan fingerprint density at radius 2 is 2.14 bits per heavy atom. The highest BCUT2D eigenvalue weighted by Gasteiger charge is 2.43. The average Bonchev–Trinajstić information content (AvgIpc) is 2.46. The molecule has 0 radical (unpaired) electrons. The molecule has 1 aromatic heterocycles. The van der Waals surface area contributed by atoms with Crippen LogP contribution in [0.15, 0.2) is 24.4 Å². The Balaban J connectivity index is 2.03. The van der Waals surface area contributed by atoms with E-state index >= 15 is 0 Å². The van der Waals surface area contributed by atoms with E-state index < -0.39 is 12.3 Å². The topological polar surface area (TPSA) is 25.4 Å². The van der Waals surface area contributed by atoms with Crippen LogP contribution >= 0.6 is 11.6 Å². The number of hydrogen-bond acceptors (Lipinski definition) is 3. The van der Waals surface area contributed by atoms with Crippen molar-refractivity contribution in [2.75, 3.05) is 24.6 Å². The zero-order valence-electron chi connectivity index (χ0n) is 11.8. The summed E-state index contributed by atoms with van der Waals surface area (Å²) in [5.41, 5.74) is 2.34. The van der Waals surface area contributed by atoms with Crippen LogP contribution in [-0.4, -0.2) is 37.0 Å². The summed E-state index contributed by atoms with van der Waals surface area (Å²) in [6.45, 7) is 2.09. The predicted molar refractivity (Wildman–Crippen MR) is 79.5 cm³/mol. The van der Waals surface area contributed by atoms with Gasteiger partial charge in [0.1, 0.15) is 0 Å². The van der Waals surface area contributed by atoms with Gasteiger partial charge in [-0.3, -0.25) is 4.98 Å². The SMILES string of the molecule is Cc1cc(Cl)cc2c(N3CCO[C@H](C(F)(F)F)C3)ccnc12. The third kappa shape index (κ3) is 2.85.